The Morgan fingerprint density at radius 3 is 2.81 bits per heavy atom. The van der Waals surface area contributed by atoms with E-state index in [9.17, 15) is 9.59 Å². The van der Waals surface area contributed by atoms with Crippen LogP contribution < -0.4 is 5.43 Å². The zero-order valence-corrected chi connectivity index (χ0v) is 9.64. The van der Waals surface area contributed by atoms with Gasteiger partial charge >= 0.3 is 5.97 Å². The lowest BCUT2D eigenvalue weighted by Crippen LogP contribution is -2.18. The molecule has 0 aliphatic heterocycles. The van der Waals surface area contributed by atoms with E-state index in [2.05, 4.69) is 13.8 Å². The van der Waals surface area contributed by atoms with E-state index in [1.165, 1.54) is 12.3 Å². The van der Waals surface area contributed by atoms with Gasteiger partial charge in [0.15, 0.2) is 5.43 Å². The highest BCUT2D eigenvalue weighted by Crippen LogP contribution is 2.08. The zero-order chi connectivity index (χ0) is 12.1. The van der Waals surface area contributed by atoms with Gasteiger partial charge in [-0.2, -0.15) is 0 Å². The quantitative estimate of drug-likeness (QED) is 0.830. The number of aromatic carboxylic acids is 1. The first-order valence-electron chi connectivity index (χ1n) is 5.48. The molecule has 0 aliphatic carbocycles. The van der Waals surface area contributed by atoms with E-state index in [4.69, 9.17) is 5.11 Å². The molecule has 0 saturated heterocycles. The number of nitrogens with zero attached hydrogens (tertiary/aromatic N) is 1. The molecular weight excluding hydrogens is 206 g/mol. The molecule has 0 bridgehead atoms. The molecule has 0 aromatic carbocycles. The molecule has 1 aromatic heterocycles. The first-order chi connectivity index (χ1) is 7.54. The van der Waals surface area contributed by atoms with Crippen molar-refractivity contribution < 1.29 is 9.90 Å². The van der Waals surface area contributed by atoms with E-state index in [1.54, 1.807) is 10.8 Å². The number of pyridine rings is 1. The summed E-state index contributed by atoms with van der Waals surface area (Å²) in [5.41, 5.74) is -0.599. The van der Waals surface area contributed by atoms with E-state index >= 15 is 0 Å². The number of rotatable bonds is 5. The SMILES string of the molecule is CCCC(C)Cn1ccc(=O)c(C(=O)O)c1. The van der Waals surface area contributed by atoms with E-state index in [1.807, 2.05) is 0 Å². The summed E-state index contributed by atoms with van der Waals surface area (Å²) in [5.74, 6) is -0.684. The molecule has 1 unspecified atom stereocenters. The monoisotopic (exact) mass is 223 g/mol. The Balaban J connectivity index is 2.87. The summed E-state index contributed by atoms with van der Waals surface area (Å²) >= 11 is 0. The van der Waals surface area contributed by atoms with Crippen molar-refractivity contribution in [3.63, 3.8) is 0 Å². The van der Waals surface area contributed by atoms with Crippen LogP contribution in [0.25, 0.3) is 0 Å². The zero-order valence-electron chi connectivity index (χ0n) is 9.64. The van der Waals surface area contributed by atoms with Crippen LogP contribution in [-0.4, -0.2) is 15.6 Å². The Morgan fingerprint density at radius 2 is 2.25 bits per heavy atom. The Morgan fingerprint density at radius 1 is 1.56 bits per heavy atom. The van der Waals surface area contributed by atoms with Crippen molar-refractivity contribution >= 4 is 5.97 Å². The number of carboxylic acids is 1. The van der Waals surface area contributed by atoms with Crippen molar-refractivity contribution in [1.82, 2.24) is 4.57 Å². The highest BCUT2D eigenvalue weighted by molar-refractivity contribution is 5.86. The van der Waals surface area contributed by atoms with Crippen molar-refractivity contribution in [3.05, 3.63) is 34.2 Å². The first-order valence-corrected chi connectivity index (χ1v) is 5.48. The highest BCUT2D eigenvalue weighted by atomic mass is 16.4. The number of carboxylic acid groups (broad SMARTS) is 1. The Bertz CT molecular complexity index is 423. The van der Waals surface area contributed by atoms with Crippen molar-refractivity contribution in [2.45, 2.75) is 33.2 Å². The lowest BCUT2D eigenvalue weighted by molar-refractivity contribution is 0.0694. The molecule has 1 atom stereocenters. The second-order valence-electron chi connectivity index (χ2n) is 4.12. The number of aromatic nitrogens is 1. The molecule has 0 fully saturated rings. The summed E-state index contributed by atoms with van der Waals surface area (Å²) in [7, 11) is 0. The first kappa shape index (κ1) is 12.5. The van der Waals surface area contributed by atoms with Crippen LogP contribution >= 0.6 is 0 Å². The van der Waals surface area contributed by atoms with Gasteiger partial charge in [-0.1, -0.05) is 20.3 Å². The van der Waals surface area contributed by atoms with Crippen LogP contribution in [0.3, 0.4) is 0 Å². The fraction of sp³-hybridized carbons (Fsp3) is 0.500. The van der Waals surface area contributed by atoms with Crippen molar-refractivity contribution in [1.29, 1.82) is 0 Å². The number of carbonyl (C=O) groups is 1. The smallest absolute Gasteiger partial charge is 0.341 e. The largest absolute Gasteiger partial charge is 0.477 e. The minimum absolute atomic E-state index is 0.161. The van der Waals surface area contributed by atoms with Gasteiger partial charge in [0.25, 0.3) is 0 Å². The standard InChI is InChI=1S/C12H17NO3/c1-3-4-9(2)7-13-6-5-11(14)10(8-13)12(15)16/h5-6,8-9H,3-4,7H2,1-2H3,(H,15,16). The Hall–Kier alpha value is -1.58. The molecule has 0 spiro atoms. The fourth-order valence-electron chi connectivity index (χ4n) is 1.74. The minimum Gasteiger partial charge on any atom is -0.477 e. The maximum Gasteiger partial charge on any atom is 0.341 e. The lowest BCUT2D eigenvalue weighted by atomic mass is 10.1. The van der Waals surface area contributed by atoms with Crippen LogP contribution in [0.15, 0.2) is 23.3 Å². The normalized spacial score (nSPS) is 12.4. The van der Waals surface area contributed by atoms with Crippen LogP contribution in [0, 0.1) is 5.92 Å². The van der Waals surface area contributed by atoms with Gasteiger partial charge in [0.2, 0.25) is 0 Å². The molecule has 1 rings (SSSR count). The topological polar surface area (TPSA) is 59.3 Å². The van der Waals surface area contributed by atoms with Gasteiger partial charge < -0.3 is 9.67 Å². The predicted molar refractivity (Wildman–Crippen MR) is 61.7 cm³/mol. The number of hydrogen-bond acceptors (Lipinski definition) is 2. The summed E-state index contributed by atoms with van der Waals surface area (Å²) in [6.07, 6.45) is 5.25. The Labute approximate surface area is 94.5 Å². The van der Waals surface area contributed by atoms with Crippen LogP contribution in [0.1, 0.15) is 37.0 Å². The molecular formula is C12H17NO3. The van der Waals surface area contributed by atoms with Gasteiger partial charge in [-0.15, -0.1) is 0 Å². The van der Waals surface area contributed by atoms with Crippen LogP contribution in [0.5, 0.6) is 0 Å². The fourth-order valence-corrected chi connectivity index (χ4v) is 1.74. The molecule has 88 valence electrons. The average molecular weight is 223 g/mol. The van der Waals surface area contributed by atoms with Crippen molar-refractivity contribution in [2.24, 2.45) is 5.92 Å². The molecule has 1 aromatic rings. The molecule has 16 heavy (non-hydrogen) atoms. The molecule has 1 N–H and O–H groups in total. The average Bonchev–Trinajstić information content (AvgIpc) is 2.21. The van der Waals surface area contributed by atoms with Gasteiger partial charge in [-0.3, -0.25) is 4.79 Å². The number of hydrogen-bond donors (Lipinski definition) is 1. The molecule has 0 radical (unpaired) electrons. The van der Waals surface area contributed by atoms with Crippen molar-refractivity contribution in [2.75, 3.05) is 0 Å². The van der Waals surface area contributed by atoms with Crippen molar-refractivity contribution in [3.8, 4) is 0 Å². The lowest BCUT2D eigenvalue weighted by Gasteiger charge is -2.13. The molecule has 1 heterocycles. The van der Waals surface area contributed by atoms with E-state index in [0.29, 0.717) is 5.92 Å². The van der Waals surface area contributed by atoms with Crippen LogP contribution in [-0.2, 0) is 6.54 Å². The summed E-state index contributed by atoms with van der Waals surface area (Å²) in [6.45, 7) is 4.97. The van der Waals surface area contributed by atoms with Gasteiger partial charge in [-0.05, 0) is 12.3 Å². The maximum atomic E-state index is 11.2. The van der Waals surface area contributed by atoms with E-state index < -0.39 is 11.4 Å². The molecule has 4 heteroatoms. The third-order valence-electron chi connectivity index (χ3n) is 2.51. The highest BCUT2D eigenvalue weighted by Gasteiger charge is 2.09. The molecule has 0 saturated carbocycles. The van der Waals surface area contributed by atoms with E-state index in [0.717, 1.165) is 19.4 Å². The predicted octanol–water partition coefficient (Wildman–Crippen LogP) is 1.98. The summed E-state index contributed by atoms with van der Waals surface area (Å²) in [5, 5.41) is 8.81. The van der Waals surface area contributed by atoms with Gasteiger partial charge in [0.05, 0.1) is 0 Å². The van der Waals surface area contributed by atoms with Gasteiger partial charge in [0.1, 0.15) is 5.56 Å². The second kappa shape index (κ2) is 5.49. The van der Waals surface area contributed by atoms with Gasteiger partial charge in [0, 0.05) is 25.0 Å². The minimum atomic E-state index is -1.16. The third kappa shape index (κ3) is 3.22. The van der Waals surface area contributed by atoms with Crippen LogP contribution in [0.4, 0.5) is 0 Å². The van der Waals surface area contributed by atoms with Gasteiger partial charge in [-0.25, -0.2) is 4.79 Å². The summed E-state index contributed by atoms with van der Waals surface area (Å²) < 4.78 is 1.77. The molecule has 0 aliphatic rings. The Kier molecular flexibility index (Phi) is 4.28. The summed E-state index contributed by atoms with van der Waals surface area (Å²) in [4.78, 5) is 22.0. The van der Waals surface area contributed by atoms with Crippen LogP contribution in [0.2, 0.25) is 0 Å². The maximum absolute atomic E-state index is 11.2. The molecule has 4 nitrogen and oxygen atoms in total. The third-order valence-corrected chi connectivity index (χ3v) is 2.51. The van der Waals surface area contributed by atoms with E-state index in [-0.39, 0.29) is 5.56 Å². The summed E-state index contributed by atoms with van der Waals surface area (Å²) in [6, 6.07) is 1.31. The molecule has 0 amide bonds. The second-order valence-corrected chi connectivity index (χ2v) is 4.12.